The van der Waals surface area contributed by atoms with Gasteiger partial charge in [0.05, 0.1) is 22.3 Å². The van der Waals surface area contributed by atoms with Gasteiger partial charge in [-0.15, -0.1) is 0 Å². The predicted molar refractivity (Wildman–Crippen MR) is 123 cm³/mol. The van der Waals surface area contributed by atoms with E-state index in [-0.39, 0.29) is 11.6 Å². The molecular formula is C24H20ClN5O. The van der Waals surface area contributed by atoms with E-state index in [4.69, 9.17) is 11.6 Å². The van der Waals surface area contributed by atoms with Crippen LogP contribution in [0.5, 0.6) is 0 Å². The number of hydrogen-bond acceptors (Lipinski definition) is 4. The molecule has 31 heavy (non-hydrogen) atoms. The molecule has 0 fully saturated rings. The third-order valence-corrected chi connectivity index (χ3v) is 5.74. The zero-order valence-electron chi connectivity index (χ0n) is 16.9. The molecule has 0 saturated carbocycles. The Morgan fingerprint density at radius 1 is 1.06 bits per heavy atom. The first kappa shape index (κ1) is 19.5. The maximum atomic E-state index is 13.5. The van der Waals surface area contributed by atoms with Crippen LogP contribution in [0.25, 0.3) is 22.1 Å². The van der Waals surface area contributed by atoms with E-state index in [1.807, 2.05) is 78.3 Å². The highest BCUT2D eigenvalue weighted by Crippen LogP contribution is 2.25. The van der Waals surface area contributed by atoms with Gasteiger partial charge in [-0.2, -0.15) is 5.10 Å². The summed E-state index contributed by atoms with van der Waals surface area (Å²) in [6, 6.07) is 20.8. The molecular weight excluding hydrogens is 410 g/mol. The van der Waals surface area contributed by atoms with Gasteiger partial charge in [-0.3, -0.25) is 9.36 Å². The number of pyridine rings is 1. The van der Waals surface area contributed by atoms with Gasteiger partial charge in [-0.1, -0.05) is 41.9 Å². The maximum absolute atomic E-state index is 13.5. The standard InChI is InChI=1S/C24H20ClN5O/c1-16(26-14-19-15-27-22-11-6-12-28-30(19)22)21-13-17-7-5-10-20(25)23(17)24(31)29(21)18-8-3-2-4-9-18/h2-13,15-16,26H,14H2,1H3. The molecule has 1 unspecified atom stereocenters. The molecule has 6 nitrogen and oxygen atoms in total. The lowest BCUT2D eigenvalue weighted by Gasteiger charge is -2.21. The summed E-state index contributed by atoms with van der Waals surface area (Å²) in [5.41, 5.74) is 3.27. The molecule has 0 amide bonds. The molecule has 3 aromatic heterocycles. The van der Waals surface area contributed by atoms with Crippen LogP contribution >= 0.6 is 11.6 Å². The number of aromatic nitrogens is 4. The molecule has 0 bridgehead atoms. The largest absolute Gasteiger partial charge is 0.303 e. The van der Waals surface area contributed by atoms with Crippen LogP contribution in [0.1, 0.15) is 24.4 Å². The van der Waals surface area contributed by atoms with Crippen molar-refractivity contribution in [2.75, 3.05) is 0 Å². The highest BCUT2D eigenvalue weighted by atomic mass is 35.5. The third-order valence-electron chi connectivity index (χ3n) is 5.42. The van der Waals surface area contributed by atoms with E-state index < -0.39 is 0 Å². The monoisotopic (exact) mass is 429 g/mol. The molecule has 0 aliphatic heterocycles. The van der Waals surface area contributed by atoms with Gasteiger partial charge in [0, 0.05) is 30.2 Å². The van der Waals surface area contributed by atoms with Gasteiger partial charge in [0.25, 0.3) is 5.56 Å². The number of fused-ring (bicyclic) bond motifs is 2. The van der Waals surface area contributed by atoms with Crippen LogP contribution in [0.3, 0.4) is 0 Å². The third kappa shape index (κ3) is 3.50. The van der Waals surface area contributed by atoms with Crippen molar-refractivity contribution in [3.8, 4) is 5.69 Å². The number of para-hydroxylation sites is 1. The van der Waals surface area contributed by atoms with Crippen LogP contribution in [0.2, 0.25) is 5.02 Å². The van der Waals surface area contributed by atoms with Crippen molar-refractivity contribution in [1.29, 1.82) is 0 Å². The first-order valence-electron chi connectivity index (χ1n) is 10.0. The molecule has 0 radical (unpaired) electrons. The van der Waals surface area contributed by atoms with Crippen LogP contribution in [-0.2, 0) is 6.54 Å². The summed E-state index contributed by atoms with van der Waals surface area (Å²) in [6.07, 6.45) is 3.55. The minimum Gasteiger partial charge on any atom is -0.303 e. The van der Waals surface area contributed by atoms with Gasteiger partial charge in [0.15, 0.2) is 5.65 Å². The molecule has 0 spiro atoms. The molecule has 7 heteroatoms. The van der Waals surface area contributed by atoms with E-state index in [9.17, 15) is 4.79 Å². The average molecular weight is 430 g/mol. The number of imidazole rings is 1. The molecule has 5 rings (SSSR count). The van der Waals surface area contributed by atoms with Crippen LogP contribution in [0, 0.1) is 0 Å². The van der Waals surface area contributed by atoms with E-state index in [2.05, 4.69) is 15.4 Å². The molecule has 3 heterocycles. The van der Waals surface area contributed by atoms with Crippen molar-refractivity contribution in [2.24, 2.45) is 0 Å². The highest BCUT2D eigenvalue weighted by Gasteiger charge is 2.18. The van der Waals surface area contributed by atoms with Gasteiger partial charge in [-0.25, -0.2) is 9.50 Å². The number of hydrogen-bond donors (Lipinski definition) is 1. The van der Waals surface area contributed by atoms with Crippen LogP contribution in [-0.4, -0.2) is 19.2 Å². The van der Waals surface area contributed by atoms with E-state index in [1.54, 1.807) is 16.8 Å². The Balaban J connectivity index is 1.58. The lowest BCUT2D eigenvalue weighted by atomic mass is 10.1. The average Bonchev–Trinajstić information content (AvgIpc) is 3.21. The molecule has 1 N–H and O–H groups in total. The zero-order chi connectivity index (χ0) is 21.4. The summed E-state index contributed by atoms with van der Waals surface area (Å²) in [7, 11) is 0. The van der Waals surface area contributed by atoms with Crippen LogP contribution in [0.4, 0.5) is 0 Å². The van der Waals surface area contributed by atoms with Crippen LogP contribution < -0.4 is 10.9 Å². The van der Waals surface area contributed by atoms with Crippen molar-refractivity contribution in [3.63, 3.8) is 0 Å². The normalized spacial score (nSPS) is 12.5. The second kappa shape index (κ2) is 7.98. The minimum atomic E-state index is -0.130. The zero-order valence-corrected chi connectivity index (χ0v) is 17.6. The fourth-order valence-electron chi connectivity index (χ4n) is 3.86. The molecule has 0 saturated heterocycles. The Labute approximate surface area is 183 Å². The lowest BCUT2D eigenvalue weighted by Crippen LogP contribution is -2.28. The Kier molecular flexibility index (Phi) is 5.02. The Bertz CT molecular complexity index is 1440. The van der Waals surface area contributed by atoms with Gasteiger partial charge < -0.3 is 5.32 Å². The van der Waals surface area contributed by atoms with Gasteiger partial charge in [0.2, 0.25) is 0 Å². The quantitative estimate of drug-likeness (QED) is 0.445. The fraction of sp³-hybridized carbons (Fsp3) is 0.125. The fourth-order valence-corrected chi connectivity index (χ4v) is 4.13. The van der Waals surface area contributed by atoms with Gasteiger partial charge >= 0.3 is 0 Å². The van der Waals surface area contributed by atoms with E-state index in [0.717, 1.165) is 28.1 Å². The summed E-state index contributed by atoms with van der Waals surface area (Å²) in [4.78, 5) is 17.9. The maximum Gasteiger partial charge on any atom is 0.264 e. The van der Waals surface area contributed by atoms with Crippen molar-refractivity contribution in [1.82, 2.24) is 24.5 Å². The van der Waals surface area contributed by atoms with Crippen molar-refractivity contribution in [2.45, 2.75) is 19.5 Å². The second-order valence-corrected chi connectivity index (χ2v) is 7.80. The second-order valence-electron chi connectivity index (χ2n) is 7.40. The summed E-state index contributed by atoms with van der Waals surface area (Å²) < 4.78 is 3.54. The first-order chi connectivity index (χ1) is 15.1. The Hall–Kier alpha value is -3.48. The highest BCUT2D eigenvalue weighted by molar-refractivity contribution is 6.35. The topological polar surface area (TPSA) is 64.2 Å². The van der Waals surface area contributed by atoms with E-state index in [1.165, 1.54) is 0 Å². The molecule has 5 aromatic rings. The number of nitrogens with zero attached hydrogens (tertiary/aromatic N) is 4. The van der Waals surface area contributed by atoms with Crippen molar-refractivity contribution >= 4 is 28.0 Å². The van der Waals surface area contributed by atoms with Crippen molar-refractivity contribution < 1.29 is 0 Å². The summed E-state index contributed by atoms with van der Waals surface area (Å²) in [5.74, 6) is 0. The predicted octanol–water partition coefficient (Wildman–Crippen LogP) is 4.54. The first-order valence-corrected chi connectivity index (χ1v) is 10.4. The van der Waals surface area contributed by atoms with Gasteiger partial charge in [0.1, 0.15) is 0 Å². The molecule has 2 aromatic carbocycles. The molecule has 0 aliphatic carbocycles. The minimum absolute atomic E-state index is 0.120. The summed E-state index contributed by atoms with van der Waals surface area (Å²) in [5, 5.41) is 9.68. The number of halogens is 1. The summed E-state index contributed by atoms with van der Waals surface area (Å²) in [6.45, 7) is 2.59. The van der Waals surface area contributed by atoms with Crippen molar-refractivity contribution in [3.05, 3.63) is 106 Å². The summed E-state index contributed by atoms with van der Waals surface area (Å²) >= 11 is 6.39. The Morgan fingerprint density at radius 2 is 1.90 bits per heavy atom. The van der Waals surface area contributed by atoms with E-state index >= 15 is 0 Å². The van der Waals surface area contributed by atoms with Gasteiger partial charge in [-0.05, 0) is 48.7 Å². The van der Waals surface area contributed by atoms with E-state index in [0.29, 0.717) is 17.0 Å². The Morgan fingerprint density at radius 3 is 2.74 bits per heavy atom. The lowest BCUT2D eigenvalue weighted by molar-refractivity contribution is 0.538. The molecule has 1 atom stereocenters. The number of nitrogens with one attached hydrogen (secondary N) is 1. The number of benzene rings is 2. The molecule has 154 valence electrons. The number of rotatable bonds is 5. The SMILES string of the molecule is CC(NCc1cnc2cccnn12)c1cc2cccc(Cl)c2c(=O)n1-c1ccccc1. The molecule has 0 aliphatic rings. The smallest absolute Gasteiger partial charge is 0.264 e. The van der Waals surface area contributed by atoms with Crippen LogP contribution in [0.15, 0.2) is 83.9 Å².